The molecule has 0 N–H and O–H groups in total. The van der Waals surface area contributed by atoms with Crippen LogP contribution < -0.4 is 0 Å². The Balaban J connectivity index is 3.08. The Hall–Kier alpha value is -0.610. The highest BCUT2D eigenvalue weighted by molar-refractivity contribution is 9.09. The van der Waals surface area contributed by atoms with E-state index >= 15 is 0 Å². The van der Waals surface area contributed by atoms with E-state index in [2.05, 4.69) is 15.9 Å². The molecule has 0 saturated carbocycles. The molecule has 1 aromatic rings. The fourth-order valence-corrected chi connectivity index (χ4v) is 2.65. The second kappa shape index (κ2) is 7.85. The highest BCUT2D eigenvalue weighted by atomic mass is 79.9. The predicted molar refractivity (Wildman–Crippen MR) is 80.6 cm³/mol. The third kappa shape index (κ3) is 3.93. The SMILES string of the molecule is CCC(CC)N(CCBr)C(=O)c1cccc(Cl)c1F. The van der Waals surface area contributed by atoms with Gasteiger partial charge in [0, 0.05) is 17.9 Å². The summed E-state index contributed by atoms with van der Waals surface area (Å²) in [6.45, 7) is 4.60. The molecule has 0 bridgehead atoms. The average molecular weight is 351 g/mol. The number of amides is 1. The molecule has 1 aromatic carbocycles. The summed E-state index contributed by atoms with van der Waals surface area (Å²) in [5.41, 5.74) is 0.0420. The Labute approximate surface area is 127 Å². The number of hydrogen-bond donors (Lipinski definition) is 0. The van der Waals surface area contributed by atoms with Gasteiger partial charge in [0.15, 0.2) is 5.82 Å². The lowest BCUT2D eigenvalue weighted by atomic mass is 10.1. The van der Waals surface area contributed by atoms with Crippen LogP contribution >= 0.6 is 27.5 Å². The van der Waals surface area contributed by atoms with Crippen LogP contribution in [0.4, 0.5) is 4.39 Å². The highest BCUT2D eigenvalue weighted by Crippen LogP contribution is 2.21. The highest BCUT2D eigenvalue weighted by Gasteiger charge is 2.24. The van der Waals surface area contributed by atoms with Crippen LogP contribution in [0, 0.1) is 5.82 Å². The summed E-state index contributed by atoms with van der Waals surface area (Å²) in [6, 6.07) is 4.63. The van der Waals surface area contributed by atoms with E-state index in [1.165, 1.54) is 12.1 Å². The number of carbonyl (C=O) groups excluding carboxylic acids is 1. The Kier molecular flexibility index (Phi) is 6.80. The van der Waals surface area contributed by atoms with Gasteiger partial charge < -0.3 is 4.90 Å². The zero-order valence-corrected chi connectivity index (χ0v) is 13.5. The summed E-state index contributed by atoms with van der Waals surface area (Å²) in [6.07, 6.45) is 1.69. The number of nitrogens with zero attached hydrogens (tertiary/aromatic N) is 1. The lowest BCUT2D eigenvalue weighted by Crippen LogP contribution is -2.41. The van der Waals surface area contributed by atoms with Crippen molar-refractivity contribution in [2.75, 3.05) is 11.9 Å². The maximum absolute atomic E-state index is 13.9. The largest absolute Gasteiger partial charge is 0.335 e. The monoisotopic (exact) mass is 349 g/mol. The lowest BCUT2D eigenvalue weighted by Gasteiger charge is -2.30. The predicted octanol–water partition coefficient (Wildman–Crippen LogP) is 4.50. The van der Waals surface area contributed by atoms with Gasteiger partial charge in [-0.25, -0.2) is 4.39 Å². The maximum atomic E-state index is 13.9. The number of carbonyl (C=O) groups is 1. The summed E-state index contributed by atoms with van der Waals surface area (Å²) in [5.74, 6) is -0.937. The number of hydrogen-bond acceptors (Lipinski definition) is 1. The van der Waals surface area contributed by atoms with E-state index in [4.69, 9.17) is 11.6 Å². The Morgan fingerprint density at radius 2 is 2.05 bits per heavy atom. The van der Waals surface area contributed by atoms with Crippen LogP contribution in [0.2, 0.25) is 5.02 Å². The van der Waals surface area contributed by atoms with Gasteiger partial charge in [-0.1, -0.05) is 47.4 Å². The molecule has 0 atom stereocenters. The van der Waals surface area contributed by atoms with Gasteiger partial charge in [0.05, 0.1) is 10.6 Å². The van der Waals surface area contributed by atoms with Crippen molar-refractivity contribution in [1.82, 2.24) is 4.90 Å². The third-order valence-corrected chi connectivity index (χ3v) is 3.80. The van der Waals surface area contributed by atoms with Gasteiger partial charge in [-0.3, -0.25) is 4.79 Å². The van der Waals surface area contributed by atoms with Gasteiger partial charge in [0.1, 0.15) is 0 Å². The lowest BCUT2D eigenvalue weighted by molar-refractivity contribution is 0.0678. The molecule has 0 aliphatic heterocycles. The molecule has 0 saturated heterocycles. The topological polar surface area (TPSA) is 20.3 Å². The molecule has 0 spiro atoms. The van der Waals surface area contributed by atoms with Crippen molar-refractivity contribution in [2.24, 2.45) is 0 Å². The van der Waals surface area contributed by atoms with E-state index in [-0.39, 0.29) is 22.5 Å². The minimum absolute atomic E-state index is 0.0193. The molecule has 0 radical (unpaired) electrons. The average Bonchev–Trinajstić information content (AvgIpc) is 2.41. The van der Waals surface area contributed by atoms with Crippen molar-refractivity contribution < 1.29 is 9.18 Å². The molecule has 1 rings (SSSR count). The second-order valence-electron chi connectivity index (χ2n) is 4.26. The van der Waals surface area contributed by atoms with Crippen LogP contribution in [-0.4, -0.2) is 28.7 Å². The Morgan fingerprint density at radius 3 is 2.58 bits per heavy atom. The minimum atomic E-state index is -0.639. The van der Waals surface area contributed by atoms with Gasteiger partial charge in [0.25, 0.3) is 5.91 Å². The molecule has 0 aromatic heterocycles. The zero-order valence-electron chi connectivity index (χ0n) is 11.1. The first-order chi connectivity index (χ1) is 9.06. The molecule has 0 fully saturated rings. The van der Waals surface area contributed by atoms with Crippen molar-refractivity contribution in [1.29, 1.82) is 0 Å². The van der Waals surface area contributed by atoms with Crippen molar-refractivity contribution >= 4 is 33.4 Å². The van der Waals surface area contributed by atoms with Gasteiger partial charge in [-0.05, 0) is 25.0 Å². The van der Waals surface area contributed by atoms with Crippen molar-refractivity contribution in [3.8, 4) is 0 Å². The van der Waals surface area contributed by atoms with E-state index in [1.54, 1.807) is 11.0 Å². The van der Waals surface area contributed by atoms with E-state index in [0.29, 0.717) is 11.9 Å². The molecular weight excluding hydrogens is 333 g/mol. The fourth-order valence-electron chi connectivity index (χ4n) is 2.09. The van der Waals surface area contributed by atoms with Gasteiger partial charge in [0.2, 0.25) is 0 Å². The summed E-state index contributed by atoms with van der Waals surface area (Å²) in [4.78, 5) is 14.2. The molecule has 1 amide bonds. The number of alkyl halides is 1. The second-order valence-corrected chi connectivity index (χ2v) is 5.46. The van der Waals surface area contributed by atoms with E-state index in [0.717, 1.165) is 12.8 Å². The van der Waals surface area contributed by atoms with Crippen LogP contribution in [0.15, 0.2) is 18.2 Å². The van der Waals surface area contributed by atoms with Crippen LogP contribution in [0.1, 0.15) is 37.0 Å². The van der Waals surface area contributed by atoms with Crippen molar-refractivity contribution in [2.45, 2.75) is 32.7 Å². The van der Waals surface area contributed by atoms with E-state index in [9.17, 15) is 9.18 Å². The molecule has 19 heavy (non-hydrogen) atoms. The number of rotatable bonds is 6. The number of benzene rings is 1. The van der Waals surface area contributed by atoms with Crippen LogP contribution in [0.5, 0.6) is 0 Å². The zero-order chi connectivity index (χ0) is 14.4. The third-order valence-electron chi connectivity index (χ3n) is 3.15. The van der Waals surface area contributed by atoms with Gasteiger partial charge >= 0.3 is 0 Å². The molecule has 0 aliphatic carbocycles. The molecule has 0 aliphatic rings. The van der Waals surface area contributed by atoms with E-state index < -0.39 is 5.82 Å². The summed E-state index contributed by atoms with van der Waals surface area (Å²) in [7, 11) is 0. The molecule has 106 valence electrons. The van der Waals surface area contributed by atoms with Crippen LogP contribution in [-0.2, 0) is 0 Å². The quantitative estimate of drug-likeness (QED) is 0.692. The molecular formula is C14H18BrClFNO. The minimum Gasteiger partial charge on any atom is -0.335 e. The summed E-state index contributed by atoms with van der Waals surface area (Å²) < 4.78 is 13.9. The molecule has 2 nitrogen and oxygen atoms in total. The molecule has 0 heterocycles. The van der Waals surface area contributed by atoms with Crippen molar-refractivity contribution in [3.63, 3.8) is 0 Å². The summed E-state index contributed by atoms with van der Waals surface area (Å²) >= 11 is 9.07. The maximum Gasteiger partial charge on any atom is 0.257 e. The molecule has 0 unspecified atom stereocenters. The van der Waals surface area contributed by atoms with Crippen LogP contribution in [0.3, 0.4) is 0 Å². The first-order valence-electron chi connectivity index (χ1n) is 6.37. The summed E-state index contributed by atoms with van der Waals surface area (Å²) in [5, 5.41) is 0.645. The number of halogens is 3. The molecule has 5 heteroatoms. The smallest absolute Gasteiger partial charge is 0.257 e. The Morgan fingerprint density at radius 1 is 1.42 bits per heavy atom. The fraction of sp³-hybridized carbons (Fsp3) is 0.500. The van der Waals surface area contributed by atoms with Crippen molar-refractivity contribution in [3.05, 3.63) is 34.6 Å². The first-order valence-corrected chi connectivity index (χ1v) is 7.87. The van der Waals surface area contributed by atoms with E-state index in [1.807, 2.05) is 13.8 Å². The van der Waals surface area contributed by atoms with Gasteiger partial charge in [-0.2, -0.15) is 0 Å². The van der Waals surface area contributed by atoms with Gasteiger partial charge in [-0.15, -0.1) is 0 Å². The standard InChI is InChI=1S/C14H18BrClFNO/c1-3-10(4-2)18(9-8-15)14(19)11-6-5-7-12(16)13(11)17/h5-7,10H,3-4,8-9H2,1-2H3. The normalized spacial score (nSPS) is 10.8. The Bertz CT molecular complexity index is 437. The van der Waals surface area contributed by atoms with Crippen LogP contribution in [0.25, 0.3) is 0 Å². The first kappa shape index (κ1) is 16.4.